The maximum Gasteiger partial charge on any atom is 0.146 e. The minimum absolute atomic E-state index is 0.178. The van der Waals surface area contributed by atoms with Crippen molar-refractivity contribution >= 4 is 11.5 Å². The van der Waals surface area contributed by atoms with Gasteiger partial charge in [0.15, 0.2) is 0 Å². The van der Waals surface area contributed by atoms with Crippen molar-refractivity contribution in [3.8, 4) is 6.07 Å². The fourth-order valence-corrected chi connectivity index (χ4v) is 2.52. The van der Waals surface area contributed by atoms with Crippen LogP contribution in [-0.4, -0.2) is 31.2 Å². The first kappa shape index (κ1) is 13.4. The normalized spacial score (nSPS) is 14.9. The number of anilines is 2. The minimum atomic E-state index is -0.178. The van der Waals surface area contributed by atoms with E-state index in [2.05, 4.69) is 20.9 Å². The molecule has 1 aliphatic rings. The van der Waals surface area contributed by atoms with Crippen LogP contribution in [0.1, 0.15) is 5.56 Å². The molecule has 0 N–H and O–H groups in total. The van der Waals surface area contributed by atoms with Gasteiger partial charge in [0.2, 0.25) is 0 Å². The van der Waals surface area contributed by atoms with Crippen molar-refractivity contribution in [2.24, 2.45) is 0 Å². The second kappa shape index (κ2) is 5.80. The summed E-state index contributed by atoms with van der Waals surface area (Å²) in [5, 5.41) is 8.78. The average molecular weight is 282 g/mol. The summed E-state index contributed by atoms with van der Waals surface area (Å²) in [6.07, 6.45) is 1.58. The monoisotopic (exact) mass is 282 g/mol. The summed E-state index contributed by atoms with van der Waals surface area (Å²) in [6, 6.07) is 12.5. The van der Waals surface area contributed by atoms with Crippen molar-refractivity contribution in [1.82, 2.24) is 4.98 Å². The first-order valence-electron chi connectivity index (χ1n) is 6.88. The van der Waals surface area contributed by atoms with Gasteiger partial charge < -0.3 is 9.80 Å². The third kappa shape index (κ3) is 2.79. The molecule has 1 fully saturated rings. The highest BCUT2D eigenvalue weighted by molar-refractivity contribution is 5.50. The van der Waals surface area contributed by atoms with E-state index in [0.29, 0.717) is 11.3 Å². The molecule has 0 atom stereocenters. The molecule has 5 heteroatoms. The number of piperazine rings is 1. The first-order valence-corrected chi connectivity index (χ1v) is 6.88. The van der Waals surface area contributed by atoms with Crippen LogP contribution in [0, 0.1) is 17.1 Å². The van der Waals surface area contributed by atoms with E-state index in [1.165, 1.54) is 6.07 Å². The molecular weight excluding hydrogens is 267 g/mol. The highest BCUT2D eigenvalue weighted by Gasteiger charge is 2.19. The SMILES string of the molecule is N#Cc1ccc(N2CCN(c3ccccc3F)CC2)nc1. The number of rotatable bonds is 2. The van der Waals surface area contributed by atoms with Crippen LogP contribution in [0.15, 0.2) is 42.6 Å². The van der Waals surface area contributed by atoms with E-state index < -0.39 is 0 Å². The Morgan fingerprint density at radius 1 is 1.00 bits per heavy atom. The smallest absolute Gasteiger partial charge is 0.146 e. The summed E-state index contributed by atoms with van der Waals surface area (Å²) in [7, 11) is 0. The molecule has 2 heterocycles. The topological polar surface area (TPSA) is 43.2 Å². The lowest BCUT2D eigenvalue weighted by Crippen LogP contribution is -2.47. The van der Waals surface area contributed by atoms with E-state index in [9.17, 15) is 4.39 Å². The molecule has 0 spiro atoms. The Hall–Kier alpha value is -2.61. The Bertz CT molecular complexity index is 655. The van der Waals surface area contributed by atoms with Gasteiger partial charge in [-0.1, -0.05) is 12.1 Å². The molecule has 106 valence electrons. The average Bonchev–Trinajstić information content (AvgIpc) is 2.56. The number of hydrogen-bond donors (Lipinski definition) is 0. The number of nitriles is 1. The van der Waals surface area contributed by atoms with E-state index >= 15 is 0 Å². The van der Waals surface area contributed by atoms with E-state index in [4.69, 9.17) is 5.26 Å². The van der Waals surface area contributed by atoms with E-state index in [-0.39, 0.29) is 5.82 Å². The number of pyridine rings is 1. The molecule has 1 saturated heterocycles. The summed E-state index contributed by atoms with van der Waals surface area (Å²) in [5.41, 5.74) is 1.22. The maximum atomic E-state index is 13.8. The molecule has 0 unspecified atom stereocenters. The van der Waals surface area contributed by atoms with Crippen LogP contribution in [0.2, 0.25) is 0 Å². The van der Waals surface area contributed by atoms with Crippen LogP contribution >= 0.6 is 0 Å². The van der Waals surface area contributed by atoms with Gasteiger partial charge in [-0.25, -0.2) is 9.37 Å². The van der Waals surface area contributed by atoms with Crippen molar-refractivity contribution in [2.45, 2.75) is 0 Å². The van der Waals surface area contributed by atoms with Gasteiger partial charge in [0.05, 0.1) is 11.3 Å². The largest absolute Gasteiger partial charge is 0.366 e. The molecule has 0 bridgehead atoms. The second-order valence-corrected chi connectivity index (χ2v) is 4.94. The predicted molar refractivity (Wildman–Crippen MR) is 79.8 cm³/mol. The van der Waals surface area contributed by atoms with Gasteiger partial charge in [-0.05, 0) is 24.3 Å². The maximum absolute atomic E-state index is 13.8. The highest BCUT2D eigenvalue weighted by atomic mass is 19.1. The number of para-hydroxylation sites is 1. The van der Waals surface area contributed by atoms with Gasteiger partial charge in [0.25, 0.3) is 0 Å². The second-order valence-electron chi connectivity index (χ2n) is 4.94. The third-order valence-electron chi connectivity index (χ3n) is 3.67. The number of halogens is 1. The molecule has 0 amide bonds. The van der Waals surface area contributed by atoms with Crippen LogP contribution in [0.25, 0.3) is 0 Å². The molecule has 1 aromatic heterocycles. The molecule has 4 nitrogen and oxygen atoms in total. The zero-order chi connectivity index (χ0) is 14.7. The molecule has 21 heavy (non-hydrogen) atoms. The standard InChI is InChI=1S/C16H15FN4/c17-14-3-1-2-4-15(14)20-7-9-21(10-8-20)16-6-5-13(11-18)12-19-16/h1-6,12H,7-10H2. The Kier molecular flexibility index (Phi) is 3.69. The molecule has 0 radical (unpaired) electrons. The van der Waals surface area contributed by atoms with Crippen molar-refractivity contribution in [3.63, 3.8) is 0 Å². The zero-order valence-corrected chi connectivity index (χ0v) is 11.5. The molecule has 2 aromatic rings. The Balaban J connectivity index is 1.67. The fraction of sp³-hybridized carbons (Fsp3) is 0.250. The van der Waals surface area contributed by atoms with Gasteiger partial charge in [0.1, 0.15) is 17.7 Å². The summed E-state index contributed by atoms with van der Waals surface area (Å²) in [6.45, 7) is 3.08. The van der Waals surface area contributed by atoms with Gasteiger partial charge in [0, 0.05) is 32.4 Å². The highest BCUT2D eigenvalue weighted by Crippen LogP contribution is 2.21. The van der Waals surface area contributed by atoms with Crippen LogP contribution in [0.3, 0.4) is 0 Å². The van der Waals surface area contributed by atoms with E-state index in [1.54, 1.807) is 18.3 Å². The van der Waals surface area contributed by atoms with Crippen molar-refractivity contribution in [3.05, 3.63) is 54.0 Å². The number of aromatic nitrogens is 1. The summed E-state index contributed by atoms with van der Waals surface area (Å²) in [5.74, 6) is 0.685. The fourth-order valence-electron chi connectivity index (χ4n) is 2.52. The van der Waals surface area contributed by atoms with E-state index in [1.807, 2.05) is 18.2 Å². The Labute approximate surface area is 123 Å². The van der Waals surface area contributed by atoms with E-state index in [0.717, 1.165) is 32.0 Å². The van der Waals surface area contributed by atoms with Crippen LogP contribution in [-0.2, 0) is 0 Å². The molecule has 0 saturated carbocycles. The van der Waals surface area contributed by atoms with Crippen molar-refractivity contribution in [2.75, 3.05) is 36.0 Å². The number of benzene rings is 1. The lowest BCUT2D eigenvalue weighted by Gasteiger charge is -2.36. The first-order chi connectivity index (χ1) is 10.3. The van der Waals surface area contributed by atoms with Gasteiger partial charge in [-0.3, -0.25) is 0 Å². The minimum Gasteiger partial charge on any atom is -0.366 e. The third-order valence-corrected chi connectivity index (χ3v) is 3.67. The van der Waals surface area contributed by atoms with Crippen LogP contribution in [0.5, 0.6) is 0 Å². The predicted octanol–water partition coefficient (Wildman–Crippen LogP) is 2.42. The molecule has 3 rings (SSSR count). The van der Waals surface area contributed by atoms with Gasteiger partial charge in [-0.2, -0.15) is 5.26 Å². The quantitative estimate of drug-likeness (QED) is 0.848. The van der Waals surface area contributed by atoms with Crippen molar-refractivity contribution in [1.29, 1.82) is 5.26 Å². The molecular formula is C16H15FN4. The van der Waals surface area contributed by atoms with Crippen molar-refractivity contribution < 1.29 is 4.39 Å². The Morgan fingerprint density at radius 2 is 1.71 bits per heavy atom. The lowest BCUT2D eigenvalue weighted by molar-refractivity contribution is 0.596. The lowest BCUT2D eigenvalue weighted by atomic mass is 10.2. The van der Waals surface area contributed by atoms with Gasteiger partial charge >= 0.3 is 0 Å². The van der Waals surface area contributed by atoms with Crippen LogP contribution in [0.4, 0.5) is 15.9 Å². The molecule has 1 aromatic carbocycles. The Morgan fingerprint density at radius 3 is 2.33 bits per heavy atom. The molecule has 0 aliphatic carbocycles. The summed E-state index contributed by atoms with van der Waals surface area (Å²) >= 11 is 0. The summed E-state index contributed by atoms with van der Waals surface area (Å²) < 4.78 is 13.8. The number of nitrogens with zero attached hydrogens (tertiary/aromatic N) is 4. The van der Waals surface area contributed by atoms with Crippen LogP contribution < -0.4 is 9.80 Å². The molecule has 1 aliphatic heterocycles. The zero-order valence-electron chi connectivity index (χ0n) is 11.5. The summed E-state index contributed by atoms with van der Waals surface area (Å²) in [4.78, 5) is 8.50. The van der Waals surface area contributed by atoms with Gasteiger partial charge in [-0.15, -0.1) is 0 Å². The number of hydrogen-bond acceptors (Lipinski definition) is 4.